The maximum atomic E-state index is 13.5. The molecule has 0 aliphatic carbocycles. The van der Waals surface area contributed by atoms with E-state index in [2.05, 4.69) is 39.8 Å². The number of aromatic nitrogens is 2. The van der Waals surface area contributed by atoms with Gasteiger partial charge in [0, 0.05) is 36.8 Å². The van der Waals surface area contributed by atoms with Crippen LogP contribution in [0.4, 0.5) is 0 Å². The van der Waals surface area contributed by atoms with Crippen LogP contribution in [-0.4, -0.2) is 64.2 Å². The first kappa shape index (κ1) is 39.1. The van der Waals surface area contributed by atoms with Crippen LogP contribution in [0.3, 0.4) is 0 Å². The van der Waals surface area contributed by atoms with Crippen molar-refractivity contribution < 1.29 is 19.2 Å². The Morgan fingerprint density at radius 1 is 0.938 bits per heavy atom. The normalized spacial score (nSPS) is 19.6. The van der Waals surface area contributed by atoms with Crippen molar-refractivity contribution in [1.82, 2.24) is 30.8 Å². The lowest BCUT2D eigenvalue weighted by Crippen LogP contribution is -2.48. The van der Waals surface area contributed by atoms with Crippen LogP contribution < -0.4 is 21.7 Å². The van der Waals surface area contributed by atoms with Gasteiger partial charge in [0.05, 0.1) is 18.1 Å². The minimum Gasteiger partial charge on any atom is -0.351 e. The summed E-state index contributed by atoms with van der Waals surface area (Å²) in [5, 5.41) is 13.8. The number of fused-ring (bicyclic) bond motifs is 4. The van der Waals surface area contributed by atoms with Crippen LogP contribution in [-0.2, 0) is 16.0 Å². The average molecular weight is 718 g/mol. The second-order valence-electron chi connectivity index (χ2n) is 12.6. The number of nitrogens with zero attached hydrogens (tertiary/aromatic N) is 3. The summed E-state index contributed by atoms with van der Waals surface area (Å²) in [5.74, 6) is -0.678. The first-order chi connectivity index (χ1) is 22.5. The van der Waals surface area contributed by atoms with E-state index in [0.717, 1.165) is 12.0 Å². The second kappa shape index (κ2) is 19.0. The van der Waals surface area contributed by atoms with E-state index < -0.39 is 12.1 Å². The smallest absolute Gasteiger partial charge is 0.271 e. The molecule has 0 saturated heterocycles. The molecule has 0 spiro atoms. The predicted octanol–water partition coefficient (Wildman–Crippen LogP) is 5.05. The third kappa shape index (κ3) is 11.1. The van der Waals surface area contributed by atoms with Crippen LogP contribution in [0, 0.1) is 11.8 Å². The van der Waals surface area contributed by atoms with Gasteiger partial charge in [-0.2, -0.15) is 0 Å². The van der Waals surface area contributed by atoms with Crippen LogP contribution in [0.5, 0.6) is 0 Å². The molecule has 0 saturated carbocycles. The van der Waals surface area contributed by atoms with Gasteiger partial charge in [0.15, 0.2) is 0 Å². The highest BCUT2D eigenvalue weighted by Gasteiger charge is 2.27. The number of nitrogens with one attached hydrogen (secondary N) is 3. The molecule has 1 aliphatic rings. The van der Waals surface area contributed by atoms with Crippen molar-refractivity contribution in [1.29, 1.82) is 0 Å². The summed E-state index contributed by atoms with van der Waals surface area (Å²) in [5.41, 5.74) is 7.86. The van der Waals surface area contributed by atoms with Crippen molar-refractivity contribution >= 4 is 58.7 Å². The Morgan fingerprint density at radius 2 is 1.56 bits per heavy atom. The molecule has 3 aromatic rings. The molecule has 0 fully saturated rings. The number of benzene rings is 1. The van der Waals surface area contributed by atoms with Gasteiger partial charge in [-0.3, -0.25) is 19.2 Å². The fourth-order valence-corrected chi connectivity index (χ4v) is 7.09. The van der Waals surface area contributed by atoms with Crippen molar-refractivity contribution in [2.24, 2.45) is 17.6 Å². The van der Waals surface area contributed by atoms with E-state index in [1.807, 2.05) is 44.2 Å². The van der Waals surface area contributed by atoms with Gasteiger partial charge in [-0.15, -0.1) is 35.1 Å². The maximum absolute atomic E-state index is 13.5. The number of thiazole rings is 2. The number of halogens is 1. The van der Waals surface area contributed by atoms with Crippen molar-refractivity contribution in [2.75, 3.05) is 19.6 Å². The van der Waals surface area contributed by atoms with E-state index >= 15 is 0 Å². The number of hydrogen-bond donors (Lipinski definition) is 4. The molecule has 48 heavy (non-hydrogen) atoms. The Balaban J connectivity index is 0.00000625. The Kier molecular flexibility index (Phi) is 15.4. The quantitative estimate of drug-likeness (QED) is 0.266. The molecule has 4 amide bonds. The summed E-state index contributed by atoms with van der Waals surface area (Å²) in [4.78, 5) is 64.1. The number of carbonyl (C=O) groups is 4. The molecular weight excluding hydrogens is 670 g/mol. The zero-order chi connectivity index (χ0) is 33.9. The van der Waals surface area contributed by atoms with Crippen LogP contribution in [0.15, 0.2) is 41.1 Å². The van der Waals surface area contributed by atoms with Gasteiger partial charge in [0.25, 0.3) is 11.8 Å². The summed E-state index contributed by atoms with van der Waals surface area (Å²) in [6.07, 6.45) is 3.11. The van der Waals surface area contributed by atoms with Crippen molar-refractivity contribution in [3.63, 3.8) is 0 Å². The Morgan fingerprint density at radius 3 is 2.21 bits per heavy atom. The lowest BCUT2D eigenvalue weighted by molar-refractivity contribution is -0.134. The summed E-state index contributed by atoms with van der Waals surface area (Å²) in [6, 6.07) is 8.30. The molecule has 3 heterocycles. The van der Waals surface area contributed by atoms with Crippen molar-refractivity contribution in [2.45, 2.75) is 84.3 Å². The van der Waals surface area contributed by atoms with E-state index in [4.69, 9.17) is 5.73 Å². The lowest BCUT2D eigenvalue weighted by atomic mass is 9.98. The Hall–Kier alpha value is -3.39. The monoisotopic (exact) mass is 717 g/mol. The molecule has 4 rings (SSSR count). The lowest BCUT2D eigenvalue weighted by Gasteiger charge is -2.28. The minimum absolute atomic E-state index is 0. The summed E-state index contributed by atoms with van der Waals surface area (Å²) in [7, 11) is 0. The first-order valence-corrected chi connectivity index (χ1v) is 18.2. The molecule has 4 bridgehead atoms. The van der Waals surface area contributed by atoms with Crippen LogP contribution >= 0.6 is 35.1 Å². The molecule has 4 atom stereocenters. The molecule has 11 nitrogen and oxygen atoms in total. The van der Waals surface area contributed by atoms with Gasteiger partial charge in [0.2, 0.25) is 11.8 Å². The van der Waals surface area contributed by atoms with E-state index in [1.165, 1.54) is 22.7 Å². The van der Waals surface area contributed by atoms with Gasteiger partial charge in [-0.05, 0) is 43.1 Å². The minimum atomic E-state index is -0.638. The van der Waals surface area contributed by atoms with Crippen molar-refractivity contribution in [3.8, 4) is 0 Å². The van der Waals surface area contributed by atoms with Crippen LogP contribution in [0.2, 0.25) is 0 Å². The number of rotatable bonds is 7. The zero-order valence-corrected chi connectivity index (χ0v) is 30.5. The highest BCUT2D eigenvalue weighted by molar-refractivity contribution is 7.10. The SMILES string of the molecule is CC[C@@H](C)[C@@H](N)C(=O)N1CCCNC(=O)c2csc(n2)[C@H](Cc2ccccc2)NC(=O)c2csc(n2)[C@H](CC(C)C)NC(=O)CCC1.Cl. The van der Waals surface area contributed by atoms with Gasteiger partial charge in [-0.1, -0.05) is 64.4 Å². The highest BCUT2D eigenvalue weighted by Crippen LogP contribution is 2.27. The average Bonchev–Trinajstić information content (AvgIpc) is 3.75. The molecule has 262 valence electrons. The maximum Gasteiger partial charge on any atom is 0.271 e. The molecule has 2 aromatic heterocycles. The first-order valence-electron chi connectivity index (χ1n) is 16.4. The number of carbonyl (C=O) groups excluding carboxylic acids is 4. The summed E-state index contributed by atoms with van der Waals surface area (Å²) >= 11 is 2.65. The van der Waals surface area contributed by atoms with Crippen LogP contribution in [0.25, 0.3) is 0 Å². The van der Waals surface area contributed by atoms with Crippen molar-refractivity contribution in [3.05, 3.63) is 68.1 Å². The molecule has 5 N–H and O–H groups in total. The third-order valence-electron chi connectivity index (χ3n) is 8.31. The van der Waals surface area contributed by atoms with Gasteiger partial charge in [0.1, 0.15) is 21.4 Å². The largest absolute Gasteiger partial charge is 0.351 e. The number of hydrogen-bond acceptors (Lipinski definition) is 9. The van der Waals surface area contributed by atoms with E-state index in [0.29, 0.717) is 55.3 Å². The van der Waals surface area contributed by atoms with E-state index in [-0.39, 0.29) is 71.7 Å². The van der Waals surface area contributed by atoms with E-state index in [9.17, 15) is 19.2 Å². The molecular formula is C34H48ClN7O4S2. The fraction of sp³-hybridized carbons (Fsp3) is 0.529. The zero-order valence-electron chi connectivity index (χ0n) is 28.1. The molecule has 1 aliphatic heterocycles. The Labute approximate surface area is 297 Å². The number of nitrogens with two attached hydrogens (primary N) is 1. The van der Waals surface area contributed by atoms with Gasteiger partial charge < -0.3 is 26.6 Å². The molecule has 14 heteroatoms. The second-order valence-corrected chi connectivity index (χ2v) is 14.3. The van der Waals surface area contributed by atoms with Gasteiger partial charge in [-0.25, -0.2) is 9.97 Å². The predicted molar refractivity (Wildman–Crippen MR) is 192 cm³/mol. The van der Waals surface area contributed by atoms with Gasteiger partial charge >= 0.3 is 0 Å². The molecule has 0 unspecified atom stereocenters. The summed E-state index contributed by atoms with van der Waals surface area (Å²) in [6.45, 7) is 9.22. The topological polar surface area (TPSA) is 159 Å². The fourth-order valence-electron chi connectivity index (χ4n) is 5.38. The third-order valence-corrected chi connectivity index (χ3v) is 10.2. The standard InChI is InChI=1S/C34H47N7O4S2.ClH/c1-5-22(4)29(35)34(45)41-15-9-13-28(42)37-24(17-21(2)3)32-40-27(20-47-32)31(44)38-25(18-23-11-7-6-8-12-23)33-39-26(19-46-33)30(43)36-14-10-16-41;/h6-8,11-12,19-22,24-25,29H,5,9-10,13-18,35H2,1-4H3,(H,36,43)(H,37,42)(H,38,44);1H/t22-,24+,25+,29-;/m1./s1. The van der Waals surface area contributed by atoms with E-state index in [1.54, 1.807) is 15.7 Å². The molecule has 1 aromatic carbocycles. The highest BCUT2D eigenvalue weighted by atomic mass is 35.5. The molecule has 0 radical (unpaired) electrons. The Bertz CT molecular complexity index is 1500. The summed E-state index contributed by atoms with van der Waals surface area (Å²) < 4.78 is 0. The van der Waals surface area contributed by atoms with Crippen LogP contribution in [0.1, 0.15) is 108 Å². The number of amides is 4.